The fraction of sp³-hybridized carbons (Fsp3) is 0.312. The predicted octanol–water partition coefficient (Wildman–Crippen LogP) is 1.85. The van der Waals surface area contributed by atoms with Crippen LogP contribution >= 0.6 is 0 Å². The number of rotatable bonds is 5. The van der Waals surface area contributed by atoms with E-state index in [-0.39, 0.29) is 18.2 Å². The molecule has 2 amide bonds. The van der Waals surface area contributed by atoms with E-state index in [2.05, 4.69) is 10.3 Å². The number of nitrogens with two attached hydrogens (primary N) is 1. The number of carbonyl (C=O) groups is 2. The molecule has 3 N–H and O–H groups in total. The normalized spacial score (nSPS) is 10.6. The minimum Gasteiger partial charge on any atom is -0.370 e. The molecule has 0 fully saturated rings. The number of amides is 2. The number of nitrogens with one attached hydrogen (secondary N) is 1. The van der Waals surface area contributed by atoms with Crippen molar-refractivity contribution in [1.82, 2.24) is 10.3 Å². The summed E-state index contributed by atoms with van der Waals surface area (Å²) in [5.41, 5.74) is 8.34. The molecule has 0 bridgehead atoms. The first kappa shape index (κ1) is 15.0. The van der Waals surface area contributed by atoms with Crippen molar-refractivity contribution in [3.05, 3.63) is 41.1 Å². The molecule has 2 aromatic rings. The maximum absolute atomic E-state index is 12.2. The van der Waals surface area contributed by atoms with Gasteiger partial charge in [0.15, 0.2) is 0 Å². The number of primary amides is 1. The highest BCUT2D eigenvalue weighted by molar-refractivity contribution is 5.98. The molecular formula is C16H19N3O2. The van der Waals surface area contributed by atoms with Crippen molar-refractivity contribution in [2.24, 2.45) is 5.73 Å². The Morgan fingerprint density at radius 3 is 2.71 bits per heavy atom. The van der Waals surface area contributed by atoms with Crippen LogP contribution in [0.2, 0.25) is 0 Å². The van der Waals surface area contributed by atoms with Crippen molar-refractivity contribution in [2.45, 2.75) is 26.7 Å². The molecule has 0 radical (unpaired) electrons. The van der Waals surface area contributed by atoms with E-state index in [4.69, 9.17) is 5.73 Å². The first-order valence-electron chi connectivity index (χ1n) is 6.92. The van der Waals surface area contributed by atoms with E-state index >= 15 is 0 Å². The Hall–Kier alpha value is -2.43. The Morgan fingerprint density at radius 1 is 1.24 bits per heavy atom. The van der Waals surface area contributed by atoms with Crippen molar-refractivity contribution >= 4 is 22.7 Å². The van der Waals surface area contributed by atoms with Crippen molar-refractivity contribution in [1.29, 1.82) is 0 Å². The van der Waals surface area contributed by atoms with Crippen LogP contribution in [-0.2, 0) is 4.79 Å². The van der Waals surface area contributed by atoms with E-state index in [0.29, 0.717) is 24.2 Å². The van der Waals surface area contributed by atoms with Crippen molar-refractivity contribution in [3.8, 4) is 0 Å². The number of benzene rings is 1. The number of aromatic nitrogens is 1. The van der Waals surface area contributed by atoms with E-state index in [1.54, 1.807) is 0 Å². The molecule has 0 aliphatic rings. The number of hydrogen-bond acceptors (Lipinski definition) is 3. The Labute approximate surface area is 123 Å². The van der Waals surface area contributed by atoms with Gasteiger partial charge in [-0.25, -0.2) is 0 Å². The zero-order valence-corrected chi connectivity index (χ0v) is 12.3. The Kier molecular flexibility index (Phi) is 4.52. The SMILES string of the molecule is Cc1ccc2cc(C(=O)NCCCC(N)=O)c(C)nc2c1. The maximum Gasteiger partial charge on any atom is 0.253 e. The number of carbonyl (C=O) groups excluding carboxylic acids is 2. The molecule has 0 aliphatic carbocycles. The van der Waals surface area contributed by atoms with Gasteiger partial charge in [0.2, 0.25) is 5.91 Å². The number of hydrogen-bond donors (Lipinski definition) is 2. The van der Waals surface area contributed by atoms with Crippen LogP contribution in [0.1, 0.15) is 34.5 Å². The van der Waals surface area contributed by atoms with Gasteiger partial charge < -0.3 is 11.1 Å². The fourth-order valence-corrected chi connectivity index (χ4v) is 2.16. The van der Waals surface area contributed by atoms with E-state index in [0.717, 1.165) is 16.5 Å². The molecule has 2 rings (SSSR count). The van der Waals surface area contributed by atoms with Crippen molar-refractivity contribution in [3.63, 3.8) is 0 Å². The average Bonchev–Trinajstić information content (AvgIpc) is 2.42. The largest absolute Gasteiger partial charge is 0.370 e. The lowest BCUT2D eigenvalue weighted by atomic mass is 10.1. The zero-order valence-electron chi connectivity index (χ0n) is 12.3. The van der Waals surface area contributed by atoms with Gasteiger partial charge in [0.1, 0.15) is 0 Å². The Bertz CT molecular complexity index is 695. The molecule has 0 saturated carbocycles. The van der Waals surface area contributed by atoms with E-state index in [1.807, 2.05) is 38.1 Å². The van der Waals surface area contributed by atoms with Gasteiger partial charge in [-0.2, -0.15) is 0 Å². The van der Waals surface area contributed by atoms with Gasteiger partial charge in [-0.1, -0.05) is 12.1 Å². The Balaban J connectivity index is 2.13. The number of pyridine rings is 1. The second-order valence-electron chi connectivity index (χ2n) is 5.14. The first-order valence-corrected chi connectivity index (χ1v) is 6.92. The van der Waals surface area contributed by atoms with Gasteiger partial charge in [-0.15, -0.1) is 0 Å². The predicted molar refractivity (Wildman–Crippen MR) is 82.0 cm³/mol. The number of nitrogens with zero attached hydrogens (tertiary/aromatic N) is 1. The molecule has 21 heavy (non-hydrogen) atoms. The molecule has 0 spiro atoms. The topological polar surface area (TPSA) is 85.1 Å². The summed E-state index contributed by atoms with van der Waals surface area (Å²) in [4.78, 5) is 27.3. The lowest BCUT2D eigenvalue weighted by Gasteiger charge is -2.09. The number of aryl methyl sites for hydroxylation is 2. The third kappa shape index (κ3) is 3.78. The molecular weight excluding hydrogens is 266 g/mol. The van der Waals surface area contributed by atoms with Crippen LogP contribution in [0.15, 0.2) is 24.3 Å². The molecule has 5 heteroatoms. The standard InChI is InChI=1S/C16H19N3O2/c1-10-5-6-12-9-13(11(2)19-14(12)8-10)16(21)18-7-3-4-15(17)20/h5-6,8-9H,3-4,7H2,1-2H3,(H2,17,20)(H,18,21). The average molecular weight is 285 g/mol. The van der Waals surface area contributed by atoms with Gasteiger partial charge in [0.25, 0.3) is 5.91 Å². The summed E-state index contributed by atoms with van der Waals surface area (Å²) >= 11 is 0. The summed E-state index contributed by atoms with van der Waals surface area (Å²) in [6, 6.07) is 7.80. The Morgan fingerprint density at radius 2 is 2.00 bits per heavy atom. The minimum absolute atomic E-state index is 0.174. The van der Waals surface area contributed by atoms with Crippen LogP contribution in [0, 0.1) is 13.8 Å². The van der Waals surface area contributed by atoms with E-state index < -0.39 is 0 Å². The van der Waals surface area contributed by atoms with E-state index in [9.17, 15) is 9.59 Å². The van der Waals surface area contributed by atoms with Crippen molar-refractivity contribution < 1.29 is 9.59 Å². The smallest absolute Gasteiger partial charge is 0.253 e. The minimum atomic E-state index is -0.358. The lowest BCUT2D eigenvalue weighted by Crippen LogP contribution is -2.26. The highest BCUT2D eigenvalue weighted by Gasteiger charge is 2.11. The van der Waals surface area contributed by atoms with Crippen LogP contribution in [0.4, 0.5) is 0 Å². The lowest BCUT2D eigenvalue weighted by molar-refractivity contribution is -0.118. The molecule has 0 aliphatic heterocycles. The van der Waals surface area contributed by atoms with E-state index in [1.165, 1.54) is 0 Å². The first-order chi connectivity index (χ1) is 9.97. The highest BCUT2D eigenvalue weighted by Crippen LogP contribution is 2.18. The summed E-state index contributed by atoms with van der Waals surface area (Å²) in [5.74, 6) is -0.532. The summed E-state index contributed by atoms with van der Waals surface area (Å²) < 4.78 is 0. The summed E-state index contributed by atoms with van der Waals surface area (Å²) in [5, 5.41) is 3.72. The third-order valence-corrected chi connectivity index (χ3v) is 3.29. The monoisotopic (exact) mass is 285 g/mol. The van der Waals surface area contributed by atoms with Crippen molar-refractivity contribution in [2.75, 3.05) is 6.54 Å². The second kappa shape index (κ2) is 6.35. The molecule has 1 heterocycles. The van der Waals surface area contributed by atoms with Crippen LogP contribution in [0.3, 0.4) is 0 Å². The molecule has 1 aromatic carbocycles. The van der Waals surface area contributed by atoms with Gasteiger partial charge in [-0.3, -0.25) is 14.6 Å². The maximum atomic E-state index is 12.2. The number of fused-ring (bicyclic) bond motifs is 1. The van der Waals surface area contributed by atoms with Gasteiger partial charge in [0, 0.05) is 18.4 Å². The summed E-state index contributed by atoms with van der Waals surface area (Å²) in [6.07, 6.45) is 0.814. The summed E-state index contributed by atoms with van der Waals surface area (Å²) in [6.45, 7) is 4.25. The van der Waals surface area contributed by atoms with Gasteiger partial charge in [0.05, 0.1) is 16.8 Å². The quantitative estimate of drug-likeness (QED) is 0.822. The molecule has 0 unspecified atom stereocenters. The molecule has 5 nitrogen and oxygen atoms in total. The van der Waals surface area contributed by atoms with Crippen LogP contribution < -0.4 is 11.1 Å². The zero-order chi connectivity index (χ0) is 15.4. The molecule has 1 aromatic heterocycles. The molecule has 110 valence electrons. The van der Waals surface area contributed by atoms with Crippen LogP contribution in [-0.4, -0.2) is 23.3 Å². The molecule has 0 saturated heterocycles. The summed E-state index contributed by atoms with van der Waals surface area (Å²) in [7, 11) is 0. The highest BCUT2D eigenvalue weighted by atomic mass is 16.2. The van der Waals surface area contributed by atoms with Crippen LogP contribution in [0.25, 0.3) is 10.9 Å². The molecule has 0 atom stereocenters. The third-order valence-electron chi connectivity index (χ3n) is 3.29. The second-order valence-corrected chi connectivity index (χ2v) is 5.14. The fourth-order valence-electron chi connectivity index (χ4n) is 2.16. The van der Waals surface area contributed by atoms with Gasteiger partial charge in [-0.05, 0) is 38.0 Å². The van der Waals surface area contributed by atoms with Gasteiger partial charge >= 0.3 is 0 Å². The van der Waals surface area contributed by atoms with Crippen LogP contribution in [0.5, 0.6) is 0 Å².